The minimum Gasteiger partial charge on any atom is -0.0999 e. The summed E-state index contributed by atoms with van der Waals surface area (Å²) in [5.74, 6) is 5.81. The van der Waals surface area contributed by atoms with Crippen molar-refractivity contribution in [3.63, 3.8) is 0 Å². The number of hydrogen-bond acceptors (Lipinski definition) is 0. The highest BCUT2D eigenvalue weighted by Crippen LogP contribution is 2.61. The van der Waals surface area contributed by atoms with Crippen LogP contribution in [-0.4, -0.2) is 0 Å². The molecule has 0 aliphatic heterocycles. The van der Waals surface area contributed by atoms with Crippen LogP contribution in [0.15, 0.2) is 12.2 Å². The van der Waals surface area contributed by atoms with Crippen molar-refractivity contribution in [2.75, 3.05) is 0 Å². The molecule has 3 saturated carbocycles. The zero-order valence-corrected chi connectivity index (χ0v) is 14.8. The normalized spacial score (nSPS) is 50.1. The summed E-state index contributed by atoms with van der Waals surface area (Å²) < 4.78 is 0. The molecule has 0 N–H and O–H groups in total. The highest BCUT2D eigenvalue weighted by atomic mass is 14.6. The van der Waals surface area contributed by atoms with Gasteiger partial charge in [-0.2, -0.15) is 0 Å². The van der Waals surface area contributed by atoms with Crippen LogP contribution >= 0.6 is 0 Å². The van der Waals surface area contributed by atoms with Gasteiger partial charge >= 0.3 is 0 Å². The Labute approximate surface area is 132 Å². The molecule has 3 rings (SSSR count). The lowest BCUT2D eigenvalue weighted by atomic mass is 9.47. The molecule has 3 aliphatic carbocycles. The van der Waals surface area contributed by atoms with Gasteiger partial charge in [0.2, 0.25) is 0 Å². The van der Waals surface area contributed by atoms with Crippen molar-refractivity contribution in [3.05, 3.63) is 12.2 Å². The largest absolute Gasteiger partial charge is 0.0999 e. The third kappa shape index (κ3) is 2.62. The minimum absolute atomic E-state index is 0.674. The Bertz CT molecular complexity index is 395. The summed E-state index contributed by atoms with van der Waals surface area (Å²) in [7, 11) is 0. The van der Waals surface area contributed by atoms with Crippen molar-refractivity contribution < 1.29 is 0 Å². The van der Waals surface area contributed by atoms with Crippen LogP contribution in [0.3, 0.4) is 0 Å². The second-order valence-electron chi connectivity index (χ2n) is 9.12. The molecule has 120 valence electrons. The zero-order chi connectivity index (χ0) is 15.2. The van der Waals surface area contributed by atoms with Crippen molar-refractivity contribution in [2.24, 2.45) is 40.9 Å². The molecule has 0 radical (unpaired) electrons. The molecule has 0 nitrogen and oxygen atoms in total. The van der Waals surface area contributed by atoms with Gasteiger partial charge in [-0.25, -0.2) is 0 Å². The Morgan fingerprint density at radius 3 is 2.52 bits per heavy atom. The van der Waals surface area contributed by atoms with E-state index >= 15 is 0 Å². The summed E-state index contributed by atoms with van der Waals surface area (Å²) in [5, 5.41) is 0. The van der Waals surface area contributed by atoms with E-state index in [1.807, 2.05) is 0 Å². The first kappa shape index (κ1) is 15.6. The first-order valence-corrected chi connectivity index (χ1v) is 9.61. The van der Waals surface area contributed by atoms with E-state index in [-0.39, 0.29) is 0 Å². The molecule has 0 aromatic rings. The van der Waals surface area contributed by atoms with Crippen molar-refractivity contribution in [3.8, 4) is 0 Å². The Hall–Kier alpha value is -0.260. The van der Waals surface area contributed by atoms with Gasteiger partial charge in [0.05, 0.1) is 0 Å². The summed E-state index contributed by atoms with van der Waals surface area (Å²) in [6, 6.07) is 0. The third-order valence-electron chi connectivity index (χ3n) is 7.78. The van der Waals surface area contributed by atoms with E-state index < -0.39 is 0 Å². The molecular formula is C21H36. The second kappa shape index (κ2) is 5.74. The minimum atomic E-state index is 0.674. The molecule has 0 spiro atoms. The molecule has 0 saturated heterocycles. The van der Waals surface area contributed by atoms with E-state index in [1.165, 1.54) is 56.9 Å². The quantitative estimate of drug-likeness (QED) is 0.511. The first-order valence-electron chi connectivity index (χ1n) is 9.61. The Balaban J connectivity index is 1.82. The number of hydrogen-bond donors (Lipinski definition) is 0. The van der Waals surface area contributed by atoms with Crippen LogP contribution in [0.25, 0.3) is 0 Å². The predicted molar refractivity (Wildman–Crippen MR) is 92.1 cm³/mol. The van der Waals surface area contributed by atoms with Gasteiger partial charge in [-0.3, -0.25) is 0 Å². The highest BCUT2D eigenvalue weighted by molar-refractivity contribution is 5.07. The van der Waals surface area contributed by atoms with Crippen LogP contribution in [-0.2, 0) is 0 Å². The molecule has 21 heavy (non-hydrogen) atoms. The van der Waals surface area contributed by atoms with Gasteiger partial charge in [-0.1, -0.05) is 45.8 Å². The fourth-order valence-electron chi connectivity index (χ4n) is 6.92. The number of fused-ring (bicyclic) bond motifs is 3. The van der Waals surface area contributed by atoms with E-state index in [0.29, 0.717) is 5.41 Å². The first-order chi connectivity index (χ1) is 9.96. The average Bonchev–Trinajstić information content (AvgIpc) is 2.44. The maximum absolute atomic E-state index is 4.32. The molecule has 0 heterocycles. The number of rotatable bonds is 2. The maximum Gasteiger partial charge on any atom is -0.0178 e. The molecule has 7 atom stereocenters. The highest BCUT2D eigenvalue weighted by Gasteiger charge is 2.52. The molecule has 7 unspecified atom stereocenters. The summed E-state index contributed by atoms with van der Waals surface area (Å²) in [6.45, 7) is 14.2. The van der Waals surface area contributed by atoms with Gasteiger partial charge in [0, 0.05) is 0 Å². The lowest BCUT2D eigenvalue weighted by molar-refractivity contribution is -0.0786. The van der Waals surface area contributed by atoms with E-state index in [1.54, 1.807) is 0 Å². The van der Waals surface area contributed by atoms with Gasteiger partial charge in [-0.05, 0) is 86.4 Å². The van der Waals surface area contributed by atoms with E-state index in [0.717, 1.165) is 35.5 Å². The Kier molecular flexibility index (Phi) is 4.27. The van der Waals surface area contributed by atoms with Crippen molar-refractivity contribution >= 4 is 0 Å². The van der Waals surface area contributed by atoms with Crippen molar-refractivity contribution in [2.45, 2.75) is 79.1 Å². The summed E-state index contributed by atoms with van der Waals surface area (Å²) in [5.41, 5.74) is 2.14. The lowest BCUT2D eigenvalue weighted by Crippen LogP contribution is -2.49. The van der Waals surface area contributed by atoms with Gasteiger partial charge < -0.3 is 0 Å². The predicted octanol–water partition coefficient (Wildman–Crippen LogP) is 6.47. The molecule has 0 aromatic heterocycles. The topological polar surface area (TPSA) is 0 Å². The van der Waals surface area contributed by atoms with E-state index in [2.05, 4.69) is 34.3 Å². The Morgan fingerprint density at radius 2 is 1.86 bits per heavy atom. The zero-order valence-electron chi connectivity index (χ0n) is 14.8. The lowest BCUT2D eigenvalue weighted by Gasteiger charge is -2.58. The molecule has 3 aliphatic rings. The third-order valence-corrected chi connectivity index (χ3v) is 7.78. The van der Waals surface area contributed by atoms with Crippen LogP contribution in [0.1, 0.15) is 79.1 Å². The van der Waals surface area contributed by atoms with Crippen molar-refractivity contribution in [1.29, 1.82) is 0 Å². The van der Waals surface area contributed by atoms with Gasteiger partial charge in [0.1, 0.15) is 0 Å². The van der Waals surface area contributed by atoms with Crippen LogP contribution in [0, 0.1) is 40.9 Å². The fraction of sp³-hybridized carbons (Fsp3) is 0.905. The molecule has 0 bridgehead atoms. The van der Waals surface area contributed by atoms with E-state index in [4.69, 9.17) is 0 Å². The van der Waals surface area contributed by atoms with Crippen LogP contribution < -0.4 is 0 Å². The fourth-order valence-corrected chi connectivity index (χ4v) is 6.92. The van der Waals surface area contributed by atoms with Gasteiger partial charge in [-0.15, -0.1) is 0 Å². The summed E-state index contributed by atoms with van der Waals surface area (Å²) in [6.07, 6.45) is 11.8. The standard InChI is InChI=1S/C21H36/c1-6-16-17(14(2)3)8-9-19-18(16)11-12-21(5)13-15(4)7-10-20(19)21/h15-20H,2,6-13H2,1,3-5H3. The van der Waals surface area contributed by atoms with Crippen LogP contribution in [0.5, 0.6) is 0 Å². The summed E-state index contributed by atoms with van der Waals surface area (Å²) >= 11 is 0. The second-order valence-corrected chi connectivity index (χ2v) is 9.12. The average molecular weight is 289 g/mol. The monoisotopic (exact) mass is 288 g/mol. The van der Waals surface area contributed by atoms with Crippen LogP contribution in [0.4, 0.5) is 0 Å². The maximum atomic E-state index is 4.32. The molecule has 3 fully saturated rings. The Morgan fingerprint density at radius 1 is 1.10 bits per heavy atom. The van der Waals surface area contributed by atoms with Crippen LogP contribution in [0.2, 0.25) is 0 Å². The SMILES string of the molecule is C=C(C)C1CCC2C(CCC3(C)CC(C)CCC23)C1CC. The molecule has 0 heteroatoms. The van der Waals surface area contributed by atoms with Gasteiger partial charge in [0.25, 0.3) is 0 Å². The molecule has 0 aromatic carbocycles. The van der Waals surface area contributed by atoms with Crippen molar-refractivity contribution in [1.82, 2.24) is 0 Å². The molecular weight excluding hydrogens is 252 g/mol. The van der Waals surface area contributed by atoms with E-state index in [9.17, 15) is 0 Å². The van der Waals surface area contributed by atoms with Gasteiger partial charge in [0.15, 0.2) is 0 Å². The molecule has 0 amide bonds. The summed E-state index contributed by atoms with van der Waals surface area (Å²) in [4.78, 5) is 0. The smallest absolute Gasteiger partial charge is 0.0178 e. The number of allylic oxidation sites excluding steroid dienone is 1.